The quantitative estimate of drug-likeness (QED) is 0.570. The van der Waals surface area contributed by atoms with Crippen molar-refractivity contribution in [3.63, 3.8) is 0 Å². The normalized spacial score (nSPS) is 16.3. The third-order valence-corrected chi connectivity index (χ3v) is 5.82. The molecular formula is C24H24F2N2O4. The third kappa shape index (κ3) is 3.92. The highest BCUT2D eigenvalue weighted by atomic mass is 19.3. The number of carboxylic acids is 1. The molecule has 3 aromatic rings. The van der Waals surface area contributed by atoms with Crippen LogP contribution in [0.2, 0.25) is 0 Å². The fraction of sp³-hybridized carbons (Fsp3) is 0.333. The first-order chi connectivity index (χ1) is 15.1. The van der Waals surface area contributed by atoms with Gasteiger partial charge in [-0.15, -0.1) is 0 Å². The van der Waals surface area contributed by atoms with Crippen molar-refractivity contribution in [1.29, 1.82) is 0 Å². The molecule has 1 saturated heterocycles. The third-order valence-electron chi connectivity index (χ3n) is 5.82. The van der Waals surface area contributed by atoms with E-state index in [1.807, 2.05) is 19.9 Å². The van der Waals surface area contributed by atoms with E-state index in [0.717, 1.165) is 5.56 Å². The van der Waals surface area contributed by atoms with E-state index >= 15 is 0 Å². The number of benzene rings is 2. The zero-order valence-corrected chi connectivity index (χ0v) is 18.0. The molecule has 0 bridgehead atoms. The lowest BCUT2D eigenvalue weighted by Gasteiger charge is -2.22. The Morgan fingerprint density at radius 2 is 1.97 bits per heavy atom. The molecule has 2 N–H and O–H groups in total. The lowest BCUT2D eigenvalue weighted by Crippen LogP contribution is -2.27. The van der Waals surface area contributed by atoms with Gasteiger partial charge in [0.2, 0.25) is 5.88 Å². The average Bonchev–Trinajstić information content (AvgIpc) is 3.10. The molecule has 2 aromatic carbocycles. The largest absolute Gasteiger partial charge is 0.478 e. The van der Waals surface area contributed by atoms with Crippen LogP contribution in [0.15, 0.2) is 45.6 Å². The maximum absolute atomic E-state index is 13.8. The first kappa shape index (κ1) is 21.8. The molecule has 4 rings (SSSR count). The first-order valence-electron chi connectivity index (χ1n) is 10.4. The molecule has 1 aromatic heterocycles. The summed E-state index contributed by atoms with van der Waals surface area (Å²) in [5.74, 6) is -3.73. The molecule has 0 aliphatic carbocycles. The van der Waals surface area contributed by atoms with Gasteiger partial charge in [0.1, 0.15) is 5.58 Å². The van der Waals surface area contributed by atoms with Crippen molar-refractivity contribution in [2.75, 3.05) is 23.3 Å². The van der Waals surface area contributed by atoms with Crippen molar-refractivity contribution in [1.82, 2.24) is 0 Å². The second kappa shape index (κ2) is 7.93. The van der Waals surface area contributed by atoms with Gasteiger partial charge >= 0.3 is 5.97 Å². The molecule has 32 heavy (non-hydrogen) atoms. The second-order valence-corrected chi connectivity index (χ2v) is 8.34. The van der Waals surface area contributed by atoms with E-state index in [2.05, 4.69) is 5.32 Å². The molecule has 168 valence electrons. The van der Waals surface area contributed by atoms with Gasteiger partial charge in [0.05, 0.1) is 29.1 Å². The monoisotopic (exact) mass is 442 g/mol. The number of halogens is 2. The fourth-order valence-electron chi connectivity index (χ4n) is 4.20. The van der Waals surface area contributed by atoms with Crippen molar-refractivity contribution >= 4 is 28.5 Å². The number of anilines is 2. The number of nitrogens with zero attached hydrogens (tertiary/aromatic N) is 1. The van der Waals surface area contributed by atoms with Crippen LogP contribution in [0.5, 0.6) is 0 Å². The van der Waals surface area contributed by atoms with Gasteiger partial charge < -0.3 is 19.7 Å². The Morgan fingerprint density at radius 1 is 1.25 bits per heavy atom. The molecule has 8 heteroatoms. The zero-order chi connectivity index (χ0) is 23.2. The number of hydrogen-bond acceptors (Lipinski definition) is 5. The Bertz CT molecular complexity index is 1270. The molecular weight excluding hydrogens is 418 g/mol. The van der Waals surface area contributed by atoms with Crippen LogP contribution in [0.4, 0.5) is 20.4 Å². The van der Waals surface area contributed by atoms with Crippen molar-refractivity contribution in [2.24, 2.45) is 0 Å². The van der Waals surface area contributed by atoms with Crippen LogP contribution in [-0.2, 0) is 0 Å². The molecule has 0 unspecified atom stereocenters. The summed E-state index contributed by atoms with van der Waals surface area (Å²) in [4.78, 5) is 26.1. The number of aryl methyl sites for hydroxylation is 1. The van der Waals surface area contributed by atoms with Gasteiger partial charge in [-0.05, 0) is 44.5 Å². The van der Waals surface area contributed by atoms with Crippen LogP contribution >= 0.6 is 0 Å². The molecule has 0 amide bonds. The Hall–Kier alpha value is -3.42. The van der Waals surface area contributed by atoms with Crippen molar-refractivity contribution in [2.45, 2.75) is 39.2 Å². The summed E-state index contributed by atoms with van der Waals surface area (Å²) in [6.07, 6.45) is -0.293. The van der Waals surface area contributed by atoms with E-state index in [-0.39, 0.29) is 29.8 Å². The van der Waals surface area contributed by atoms with Gasteiger partial charge in [0.25, 0.3) is 5.92 Å². The average molecular weight is 442 g/mol. The number of para-hydroxylation sites is 1. The molecule has 6 nitrogen and oxygen atoms in total. The van der Waals surface area contributed by atoms with Crippen molar-refractivity contribution < 1.29 is 23.1 Å². The summed E-state index contributed by atoms with van der Waals surface area (Å²) in [7, 11) is 0. The molecule has 2 heterocycles. The maximum atomic E-state index is 13.8. The number of carbonyl (C=O) groups is 1. The number of aromatic carboxylic acids is 1. The van der Waals surface area contributed by atoms with Gasteiger partial charge in [-0.2, -0.15) is 0 Å². The Kier molecular flexibility index (Phi) is 5.40. The Balaban J connectivity index is 1.83. The van der Waals surface area contributed by atoms with Crippen LogP contribution < -0.4 is 15.6 Å². The van der Waals surface area contributed by atoms with Gasteiger partial charge in [-0.3, -0.25) is 4.79 Å². The molecule has 1 aliphatic heterocycles. The van der Waals surface area contributed by atoms with E-state index in [1.165, 1.54) is 11.0 Å². The van der Waals surface area contributed by atoms with Crippen LogP contribution in [0, 0.1) is 13.8 Å². The summed E-state index contributed by atoms with van der Waals surface area (Å²) in [5.41, 5.74) is 2.36. The Morgan fingerprint density at radius 3 is 2.62 bits per heavy atom. The highest BCUT2D eigenvalue weighted by Gasteiger charge is 2.40. The smallest absolute Gasteiger partial charge is 0.337 e. The summed E-state index contributed by atoms with van der Waals surface area (Å²) in [5, 5.41) is 13.0. The van der Waals surface area contributed by atoms with Crippen LogP contribution in [0.25, 0.3) is 11.0 Å². The fourth-order valence-corrected chi connectivity index (χ4v) is 4.20. The van der Waals surface area contributed by atoms with Gasteiger partial charge in [-0.1, -0.05) is 18.2 Å². The first-order valence-corrected chi connectivity index (χ1v) is 10.4. The molecule has 1 aliphatic rings. The van der Waals surface area contributed by atoms with E-state index in [1.54, 1.807) is 31.2 Å². The van der Waals surface area contributed by atoms with E-state index in [9.17, 15) is 23.5 Å². The molecule has 1 fully saturated rings. The minimum Gasteiger partial charge on any atom is -0.478 e. The zero-order valence-electron chi connectivity index (χ0n) is 18.0. The number of rotatable bonds is 5. The number of fused-ring (bicyclic) bond motifs is 1. The van der Waals surface area contributed by atoms with Crippen LogP contribution in [0.3, 0.4) is 0 Å². The number of carboxylic acid groups (broad SMARTS) is 1. The van der Waals surface area contributed by atoms with Crippen molar-refractivity contribution in [3.8, 4) is 0 Å². The van der Waals surface area contributed by atoms with Gasteiger partial charge in [0, 0.05) is 24.2 Å². The maximum Gasteiger partial charge on any atom is 0.337 e. The molecule has 0 saturated carbocycles. The van der Waals surface area contributed by atoms with Crippen LogP contribution in [-0.4, -0.2) is 30.1 Å². The summed E-state index contributed by atoms with van der Waals surface area (Å²) in [6.45, 7) is 4.87. The second-order valence-electron chi connectivity index (χ2n) is 8.34. The highest BCUT2D eigenvalue weighted by Crippen LogP contribution is 2.35. The standard InChI is InChI=1S/C24H24F2N2O4/c1-13-10-17(15(3)27-19-7-5-4-6-16(19)23(30)31)21-18(11-13)20(29)14(2)22(32-21)28-9-8-24(25,26)12-28/h4-7,10-11,15,27H,8-9,12H2,1-3H3,(H,30,31)/t15-/m1/s1. The number of nitrogens with one attached hydrogen (secondary N) is 1. The molecule has 1 atom stereocenters. The van der Waals surface area contributed by atoms with E-state index in [4.69, 9.17) is 4.42 Å². The van der Waals surface area contributed by atoms with Gasteiger partial charge in [-0.25, -0.2) is 13.6 Å². The SMILES string of the molecule is Cc1cc([C@@H](C)Nc2ccccc2C(=O)O)c2oc(N3CCC(F)(F)C3)c(C)c(=O)c2c1. The number of hydrogen-bond donors (Lipinski definition) is 2. The van der Waals surface area contributed by atoms with Gasteiger partial charge in [0.15, 0.2) is 5.43 Å². The van der Waals surface area contributed by atoms with E-state index in [0.29, 0.717) is 27.8 Å². The summed E-state index contributed by atoms with van der Waals surface area (Å²) < 4.78 is 33.7. The lowest BCUT2D eigenvalue weighted by atomic mass is 10.00. The van der Waals surface area contributed by atoms with E-state index < -0.39 is 24.5 Å². The highest BCUT2D eigenvalue weighted by molar-refractivity contribution is 5.94. The predicted octanol–water partition coefficient (Wildman–Crippen LogP) is 5.13. The molecule has 0 radical (unpaired) electrons. The molecule has 0 spiro atoms. The van der Waals surface area contributed by atoms with Crippen molar-refractivity contribution in [3.05, 3.63) is 68.9 Å². The minimum atomic E-state index is -2.83. The topological polar surface area (TPSA) is 82.8 Å². The lowest BCUT2D eigenvalue weighted by molar-refractivity contribution is 0.0254. The summed E-state index contributed by atoms with van der Waals surface area (Å²) in [6, 6.07) is 9.68. The summed E-state index contributed by atoms with van der Waals surface area (Å²) >= 11 is 0. The number of alkyl halides is 2. The predicted molar refractivity (Wildman–Crippen MR) is 119 cm³/mol. The minimum absolute atomic E-state index is 0.100. The Labute approximate surface area is 183 Å². The van der Waals surface area contributed by atoms with Crippen LogP contribution in [0.1, 0.15) is 46.4 Å².